The van der Waals surface area contributed by atoms with Crippen LogP contribution in [0.3, 0.4) is 0 Å². The summed E-state index contributed by atoms with van der Waals surface area (Å²) >= 11 is 18.5. The molecule has 1 fully saturated rings. The monoisotopic (exact) mass is 531 g/mol. The highest BCUT2D eigenvalue weighted by Crippen LogP contribution is 2.39. The van der Waals surface area contributed by atoms with Crippen LogP contribution in [0.4, 0.5) is 0 Å². The predicted molar refractivity (Wildman–Crippen MR) is 146 cm³/mol. The molecule has 0 saturated carbocycles. The number of nitrogens with one attached hydrogen (secondary N) is 1. The molecule has 1 aliphatic rings. The van der Waals surface area contributed by atoms with Crippen LogP contribution in [-0.4, -0.2) is 19.2 Å². The van der Waals surface area contributed by atoms with Gasteiger partial charge in [0.05, 0.1) is 23.3 Å². The summed E-state index contributed by atoms with van der Waals surface area (Å²) in [6.07, 6.45) is 0.571. The van der Waals surface area contributed by atoms with Gasteiger partial charge in [-0.3, -0.25) is 0 Å². The summed E-state index contributed by atoms with van der Waals surface area (Å²) < 4.78 is 13.3. The van der Waals surface area contributed by atoms with Crippen molar-refractivity contribution in [2.45, 2.75) is 57.5 Å². The Hall–Kier alpha value is -1.59. The van der Waals surface area contributed by atoms with Gasteiger partial charge in [-0.1, -0.05) is 98.0 Å². The lowest BCUT2D eigenvalue weighted by Crippen LogP contribution is -2.54. The third-order valence-corrected chi connectivity index (χ3v) is 7.60. The molecule has 6 heteroatoms. The largest absolute Gasteiger partial charge is 0.369 e. The van der Waals surface area contributed by atoms with Crippen LogP contribution < -0.4 is 5.32 Å². The lowest BCUT2D eigenvalue weighted by atomic mass is 9.82. The molecule has 0 bridgehead atoms. The fourth-order valence-electron chi connectivity index (χ4n) is 4.48. The minimum Gasteiger partial charge on any atom is -0.369 e. The number of halogens is 3. The van der Waals surface area contributed by atoms with Crippen LogP contribution in [0, 0.1) is 0 Å². The molecule has 186 valence electrons. The molecule has 2 unspecified atom stereocenters. The van der Waals surface area contributed by atoms with Crippen molar-refractivity contribution in [3.8, 4) is 0 Å². The summed E-state index contributed by atoms with van der Waals surface area (Å²) in [5.74, 6) is 0. The highest BCUT2D eigenvalue weighted by molar-refractivity contribution is 6.42. The molecule has 0 amide bonds. The van der Waals surface area contributed by atoms with Gasteiger partial charge in [0.2, 0.25) is 0 Å². The minimum absolute atomic E-state index is 0.114. The van der Waals surface area contributed by atoms with Crippen LogP contribution in [-0.2, 0) is 33.7 Å². The smallest absolute Gasteiger partial charge is 0.122 e. The van der Waals surface area contributed by atoms with Crippen molar-refractivity contribution in [2.24, 2.45) is 0 Å². The first kappa shape index (κ1) is 26.5. The lowest BCUT2D eigenvalue weighted by Gasteiger charge is -2.44. The van der Waals surface area contributed by atoms with Crippen molar-refractivity contribution in [1.82, 2.24) is 5.32 Å². The van der Waals surface area contributed by atoms with Crippen molar-refractivity contribution in [3.63, 3.8) is 0 Å². The quantitative estimate of drug-likeness (QED) is 0.335. The Morgan fingerprint density at radius 3 is 2.20 bits per heavy atom. The van der Waals surface area contributed by atoms with Gasteiger partial charge in [0, 0.05) is 11.6 Å². The molecule has 3 aromatic carbocycles. The second kappa shape index (κ2) is 11.2. The zero-order valence-electron chi connectivity index (χ0n) is 20.4. The zero-order chi connectivity index (χ0) is 25.1. The molecule has 35 heavy (non-hydrogen) atoms. The van der Waals surface area contributed by atoms with E-state index in [1.54, 1.807) is 6.07 Å². The SMILES string of the molecule is CC(C)(C)c1ccc(COC2(c3ccc(Cl)cc3)CCNCC2OCc2ccc(Cl)c(Cl)c2)cc1. The Morgan fingerprint density at radius 2 is 1.54 bits per heavy atom. The van der Waals surface area contributed by atoms with E-state index in [4.69, 9.17) is 44.3 Å². The van der Waals surface area contributed by atoms with Gasteiger partial charge in [0.1, 0.15) is 11.7 Å². The minimum atomic E-state index is -0.616. The maximum atomic E-state index is 6.80. The van der Waals surface area contributed by atoms with E-state index in [2.05, 4.69) is 50.4 Å². The molecule has 1 heterocycles. The molecule has 3 nitrogen and oxygen atoms in total. The van der Waals surface area contributed by atoms with E-state index < -0.39 is 5.60 Å². The summed E-state index contributed by atoms with van der Waals surface area (Å²) in [6.45, 7) is 9.06. The van der Waals surface area contributed by atoms with Crippen LogP contribution in [0.1, 0.15) is 49.4 Å². The Balaban J connectivity index is 1.59. The van der Waals surface area contributed by atoms with E-state index in [0.29, 0.717) is 34.8 Å². The molecule has 1 N–H and O–H groups in total. The molecule has 0 aliphatic carbocycles. The second-order valence-corrected chi connectivity index (χ2v) is 11.4. The number of piperidine rings is 1. The highest BCUT2D eigenvalue weighted by Gasteiger charge is 2.44. The third-order valence-electron chi connectivity index (χ3n) is 6.61. The molecule has 1 saturated heterocycles. The molecule has 2 atom stereocenters. The summed E-state index contributed by atoms with van der Waals surface area (Å²) in [4.78, 5) is 0. The molecule has 0 radical (unpaired) electrons. The van der Waals surface area contributed by atoms with E-state index in [1.807, 2.05) is 36.4 Å². The molecular weight excluding hydrogens is 501 g/mol. The molecule has 0 spiro atoms. The summed E-state index contributed by atoms with van der Waals surface area (Å²) in [7, 11) is 0. The van der Waals surface area contributed by atoms with Crippen molar-refractivity contribution in [3.05, 3.63) is 104 Å². The highest BCUT2D eigenvalue weighted by atomic mass is 35.5. The van der Waals surface area contributed by atoms with Crippen LogP contribution in [0.5, 0.6) is 0 Å². The first-order valence-electron chi connectivity index (χ1n) is 11.9. The van der Waals surface area contributed by atoms with Gasteiger partial charge in [0.25, 0.3) is 0 Å². The van der Waals surface area contributed by atoms with Crippen LogP contribution >= 0.6 is 34.8 Å². The van der Waals surface area contributed by atoms with E-state index >= 15 is 0 Å². The van der Waals surface area contributed by atoms with E-state index in [0.717, 1.165) is 29.7 Å². The Labute approximate surface area is 223 Å². The van der Waals surface area contributed by atoms with Crippen molar-refractivity contribution in [1.29, 1.82) is 0 Å². The number of hydrogen-bond donors (Lipinski definition) is 1. The maximum absolute atomic E-state index is 6.80. The fraction of sp³-hybridized carbons (Fsp3) is 0.379. The van der Waals surface area contributed by atoms with Gasteiger partial charge >= 0.3 is 0 Å². The van der Waals surface area contributed by atoms with E-state index in [-0.39, 0.29) is 11.5 Å². The Bertz CT molecular complexity index is 1130. The topological polar surface area (TPSA) is 30.5 Å². The lowest BCUT2D eigenvalue weighted by molar-refractivity contribution is -0.176. The summed E-state index contributed by atoms with van der Waals surface area (Å²) in [6, 6.07) is 22.2. The van der Waals surface area contributed by atoms with Gasteiger partial charge in [-0.25, -0.2) is 0 Å². The van der Waals surface area contributed by atoms with Gasteiger partial charge < -0.3 is 14.8 Å². The zero-order valence-corrected chi connectivity index (χ0v) is 22.7. The number of hydrogen-bond acceptors (Lipinski definition) is 3. The van der Waals surface area contributed by atoms with Gasteiger partial charge in [-0.15, -0.1) is 0 Å². The van der Waals surface area contributed by atoms with Crippen LogP contribution in [0.25, 0.3) is 0 Å². The standard InChI is InChI=1S/C29H32Cl3NO2/c1-28(2,3)22-7-4-20(5-8-22)19-35-29(23-9-11-24(30)12-10-23)14-15-33-17-27(29)34-18-21-6-13-25(31)26(32)16-21/h4-13,16,27,33H,14-15,17-19H2,1-3H3. The Morgan fingerprint density at radius 1 is 0.857 bits per heavy atom. The molecule has 0 aromatic heterocycles. The number of ether oxygens (including phenoxy) is 2. The van der Waals surface area contributed by atoms with Crippen molar-refractivity contribution >= 4 is 34.8 Å². The third kappa shape index (κ3) is 6.40. The van der Waals surface area contributed by atoms with Crippen molar-refractivity contribution < 1.29 is 9.47 Å². The fourth-order valence-corrected chi connectivity index (χ4v) is 4.92. The predicted octanol–water partition coefficient (Wildman–Crippen LogP) is 7.94. The first-order valence-corrected chi connectivity index (χ1v) is 13.1. The number of benzene rings is 3. The molecule has 4 rings (SSSR count). The molecule has 1 aliphatic heterocycles. The summed E-state index contributed by atoms with van der Waals surface area (Å²) in [5.41, 5.74) is 3.96. The second-order valence-electron chi connectivity index (χ2n) is 10.1. The van der Waals surface area contributed by atoms with Crippen molar-refractivity contribution in [2.75, 3.05) is 13.1 Å². The van der Waals surface area contributed by atoms with E-state index in [9.17, 15) is 0 Å². The normalized spacial score (nSPS) is 20.7. The van der Waals surface area contributed by atoms with Gasteiger partial charge in [-0.05, 0) is 64.9 Å². The molecule has 3 aromatic rings. The number of rotatable bonds is 7. The Kier molecular flexibility index (Phi) is 8.48. The molecular formula is C29H32Cl3NO2. The summed E-state index contributed by atoms with van der Waals surface area (Å²) in [5, 5.41) is 5.22. The van der Waals surface area contributed by atoms with Crippen LogP contribution in [0.2, 0.25) is 15.1 Å². The maximum Gasteiger partial charge on any atom is 0.122 e. The van der Waals surface area contributed by atoms with Gasteiger partial charge in [-0.2, -0.15) is 0 Å². The average molecular weight is 533 g/mol. The van der Waals surface area contributed by atoms with E-state index in [1.165, 1.54) is 5.56 Å². The average Bonchev–Trinajstić information content (AvgIpc) is 2.84. The van der Waals surface area contributed by atoms with Crippen LogP contribution in [0.15, 0.2) is 66.7 Å². The van der Waals surface area contributed by atoms with Gasteiger partial charge in [0.15, 0.2) is 0 Å². The first-order chi connectivity index (χ1) is 16.7.